The number of sulfonamides is 1. The Hall–Kier alpha value is -0.790. The summed E-state index contributed by atoms with van der Waals surface area (Å²) in [6.45, 7) is 3.93. The predicted molar refractivity (Wildman–Crippen MR) is 84.4 cm³/mol. The van der Waals surface area contributed by atoms with E-state index in [-0.39, 0.29) is 16.7 Å². The summed E-state index contributed by atoms with van der Waals surface area (Å²) in [6.07, 6.45) is 1.50. The van der Waals surface area contributed by atoms with Gasteiger partial charge in [-0.3, -0.25) is 0 Å². The molecule has 1 rings (SSSR count). The number of halogens is 1. The molecule has 0 spiro atoms. The largest absolute Gasteiger partial charge is 0.495 e. The molecule has 0 fully saturated rings. The average Bonchev–Trinajstić information content (AvgIpc) is 2.42. The van der Waals surface area contributed by atoms with Gasteiger partial charge in [-0.05, 0) is 40.9 Å². The third-order valence-electron chi connectivity index (χ3n) is 3.40. The fourth-order valence-electron chi connectivity index (χ4n) is 2.07. The molecule has 0 saturated heterocycles. The van der Waals surface area contributed by atoms with Crippen molar-refractivity contribution >= 4 is 31.6 Å². The van der Waals surface area contributed by atoms with Crippen LogP contribution in [0.4, 0.5) is 5.69 Å². The lowest BCUT2D eigenvalue weighted by Gasteiger charge is -2.26. The number of anilines is 1. The van der Waals surface area contributed by atoms with E-state index >= 15 is 0 Å². The number of nitrogens with zero attached hydrogens (tertiary/aromatic N) is 1. The van der Waals surface area contributed by atoms with Gasteiger partial charge in [-0.2, -0.15) is 4.31 Å². The molecule has 7 heteroatoms. The van der Waals surface area contributed by atoms with Gasteiger partial charge in [0.25, 0.3) is 0 Å². The summed E-state index contributed by atoms with van der Waals surface area (Å²) in [5.74, 6) is 0.281. The summed E-state index contributed by atoms with van der Waals surface area (Å²) in [6, 6.07) is 2.95. The highest BCUT2D eigenvalue weighted by atomic mass is 79.9. The summed E-state index contributed by atoms with van der Waals surface area (Å²) in [4.78, 5) is 0.0927. The molecule has 0 aromatic heterocycles. The maximum absolute atomic E-state index is 12.7. The number of hydrogen-bond donors (Lipinski definition) is 1. The molecule has 0 amide bonds. The topological polar surface area (TPSA) is 72.6 Å². The molecule has 1 aromatic carbocycles. The van der Waals surface area contributed by atoms with Crippen molar-refractivity contribution < 1.29 is 13.2 Å². The van der Waals surface area contributed by atoms with Crippen LogP contribution in [-0.4, -0.2) is 32.9 Å². The van der Waals surface area contributed by atoms with E-state index in [2.05, 4.69) is 15.9 Å². The first-order chi connectivity index (χ1) is 9.29. The summed E-state index contributed by atoms with van der Waals surface area (Å²) in [7, 11) is -0.610. The molecular formula is C13H21BrN2O3S. The van der Waals surface area contributed by atoms with Gasteiger partial charge in [-0.15, -0.1) is 0 Å². The van der Waals surface area contributed by atoms with E-state index in [4.69, 9.17) is 10.5 Å². The monoisotopic (exact) mass is 364 g/mol. The molecule has 114 valence electrons. The van der Waals surface area contributed by atoms with E-state index in [9.17, 15) is 8.42 Å². The Morgan fingerprint density at radius 2 is 1.90 bits per heavy atom. The van der Waals surface area contributed by atoms with Gasteiger partial charge in [-0.25, -0.2) is 8.42 Å². The number of methoxy groups -OCH3 is 1. The first kappa shape index (κ1) is 17.3. The minimum Gasteiger partial charge on any atom is -0.495 e. The normalized spacial score (nSPS) is 12.2. The van der Waals surface area contributed by atoms with Gasteiger partial charge < -0.3 is 10.5 Å². The lowest BCUT2D eigenvalue weighted by Crippen LogP contribution is -2.36. The van der Waals surface area contributed by atoms with Crippen LogP contribution in [-0.2, 0) is 10.0 Å². The van der Waals surface area contributed by atoms with Gasteiger partial charge >= 0.3 is 0 Å². The SMILES string of the molecule is CCC(CC)N(C)S(=O)(=O)c1cc(N)c(Br)cc1OC. The van der Waals surface area contributed by atoms with Crippen LogP contribution in [0.15, 0.2) is 21.5 Å². The highest BCUT2D eigenvalue weighted by molar-refractivity contribution is 9.10. The number of nitrogens with two attached hydrogens (primary N) is 1. The number of benzene rings is 1. The van der Waals surface area contributed by atoms with E-state index < -0.39 is 10.0 Å². The van der Waals surface area contributed by atoms with Gasteiger partial charge in [0.1, 0.15) is 10.6 Å². The van der Waals surface area contributed by atoms with E-state index in [0.717, 1.165) is 12.8 Å². The van der Waals surface area contributed by atoms with E-state index in [1.165, 1.54) is 17.5 Å². The fraction of sp³-hybridized carbons (Fsp3) is 0.538. The molecule has 0 bridgehead atoms. The first-order valence-corrected chi connectivity index (χ1v) is 8.63. The minimum absolute atomic E-state index is 0.0467. The summed E-state index contributed by atoms with van der Waals surface area (Å²) < 4.78 is 32.6. The molecule has 5 nitrogen and oxygen atoms in total. The lowest BCUT2D eigenvalue weighted by molar-refractivity contribution is 0.345. The Morgan fingerprint density at radius 1 is 1.35 bits per heavy atom. The van der Waals surface area contributed by atoms with Gasteiger partial charge in [0.2, 0.25) is 10.0 Å². The number of rotatable bonds is 6. The Bertz CT molecular complexity index is 571. The molecular weight excluding hydrogens is 344 g/mol. The van der Waals surface area contributed by atoms with Crippen molar-refractivity contribution in [2.24, 2.45) is 0 Å². The quantitative estimate of drug-likeness (QED) is 0.787. The van der Waals surface area contributed by atoms with Crippen LogP contribution < -0.4 is 10.5 Å². The van der Waals surface area contributed by atoms with E-state index in [1.807, 2.05) is 13.8 Å². The molecule has 0 radical (unpaired) electrons. The molecule has 0 heterocycles. The van der Waals surface area contributed by atoms with Crippen LogP contribution in [0.1, 0.15) is 26.7 Å². The van der Waals surface area contributed by atoms with Crippen LogP contribution in [0, 0.1) is 0 Å². The van der Waals surface area contributed by atoms with E-state index in [0.29, 0.717) is 10.2 Å². The molecule has 0 saturated carbocycles. The molecule has 0 atom stereocenters. The molecule has 0 unspecified atom stereocenters. The molecule has 1 aromatic rings. The molecule has 2 N–H and O–H groups in total. The summed E-state index contributed by atoms with van der Waals surface area (Å²) in [5, 5.41) is 0. The zero-order valence-corrected chi connectivity index (χ0v) is 14.6. The van der Waals surface area contributed by atoms with Crippen LogP contribution in [0.5, 0.6) is 5.75 Å². The third kappa shape index (κ3) is 3.27. The van der Waals surface area contributed by atoms with Crippen molar-refractivity contribution in [1.29, 1.82) is 0 Å². The summed E-state index contributed by atoms with van der Waals surface area (Å²) in [5.41, 5.74) is 6.16. The molecule has 0 aliphatic carbocycles. The highest BCUT2D eigenvalue weighted by Gasteiger charge is 2.29. The lowest BCUT2D eigenvalue weighted by atomic mass is 10.2. The highest BCUT2D eigenvalue weighted by Crippen LogP contribution is 2.34. The fourth-order valence-corrected chi connectivity index (χ4v) is 4.06. The standard InChI is InChI=1S/C13H21BrN2O3S/c1-5-9(6-2)16(3)20(17,18)13-8-11(15)10(14)7-12(13)19-4/h7-9H,5-6,15H2,1-4H3. The van der Waals surface area contributed by atoms with Crippen LogP contribution >= 0.6 is 15.9 Å². The Labute approximate surface area is 129 Å². The number of ether oxygens (including phenoxy) is 1. The number of hydrogen-bond acceptors (Lipinski definition) is 4. The Morgan fingerprint density at radius 3 is 2.35 bits per heavy atom. The second-order valence-electron chi connectivity index (χ2n) is 4.52. The van der Waals surface area contributed by atoms with Crippen molar-refractivity contribution in [3.8, 4) is 5.75 Å². The average molecular weight is 365 g/mol. The predicted octanol–water partition coefficient (Wildman–Crippen LogP) is 2.85. The van der Waals surface area contributed by atoms with Crippen LogP contribution in [0.2, 0.25) is 0 Å². The maximum atomic E-state index is 12.7. The zero-order chi connectivity index (χ0) is 15.5. The van der Waals surface area contributed by atoms with Crippen molar-refractivity contribution in [2.45, 2.75) is 37.6 Å². The molecule has 0 aliphatic heterocycles. The maximum Gasteiger partial charge on any atom is 0.246 e. The second-order valence-corrected chi connectivity index (χ2v) is 7.34. The van der Waals surface area contributed by atoms with Gasteiger partial charge in [0.15, 0.2) is 0 Å². The minimum atomic E-state index is -3.64. The number of nitrogen functional groups attached to an aromatic ring is 1. The molecule has 20 heavy (non-hydrogen) atoms. The van der Waals surface area contributed by atoms with Gasteiger partial charge in [0, 0.05) is 23.2 Å². The molecule has 0 aliphatic rings. The smallest absolute Gasteiger partial charge is 0.246 e. The second kappa shape index (κ2) is 6.78. The third-order valence-corrected chi connectivity index (χ3v) is 6.01. The zero-order valence-electron chi connectivity index (χ0n) is 12.2. The Kier molecular flexibility index (Phi) is 5.85. The van der Waals surface area contributed by atoms with Crippen molar-refractivity contribution in [3.05, 3.63) is 16.6 Å². The summed E-state index contributed by atoms with van der Waals surface area (Å²) >= 11 is 3.27. The van der Waals surface area contributed by atoms with E-state index in [1.54, 1.807) is 13.1 Å². The van der Waals surface area contributed by atoms with Gasteiger partial charge in [-0.1, -0.05) is 13.8 Å². The van der Waals surface area contributed by atoms with Crippen molar-refractivity contribution in [2.75, 3.05) is 19.9 Å². The van der Waals surface area contributed by atoms with Crippen LogP contribution in [0.3, 0.4) is 0 Å². The van der Waals surface area contributed by atoms with Crippen molar-refractivity contribution in [3.63, 3.8) is 0 Å². The van der Waals surface area contributed by atoms with Crippen molar-refractivity contribution in [1.82, 2.24) is 4.31 Å². The first-order valence-electron chi connectivity index (χ1n) is 6.40. The Balaban J connectivity index is 3.38. The van der Waals surface area contributed by atoms with Gasteiger partial charge in [0.05, 0.1) is 7.11 Å². The van der Waals surface area contributed by atoms with Crippen LogP contribution in [0.25, 0.3) is 0 Å².